The zero-order valence-electron chi connectivity index (χ0n) is 13.8. The second-order valence-electron chi connectivity index (χ2n) is 5.49. The minimum Gasteiger partial charge on any atom is -0.504 e. The van der Waals surface area contributed by atoms with Crippen molar-refractivity contribution in [3.05, 3.63) is 23.8 Å². The maximum Gasteiger partial charge on any atom is 0.321 e. The minimum absolute atomic E-state index is 0.0166. The monoisotopic (exact) mass is 357 g/mol. The number of carbonyl (C=O) groups is 1. The molecule has 2 unspecified atom stereocenters. The van der Waals surface area contributed by atoms with Crippen molar-refractivity contribution < 1.29 is 29.2 Å². The summed E-state index contributed by atoms with van der Waals surface area (Å²) in [5, 5.41) is 22.7. The topological polar surface area (TPSA) is 97.2 Å². The van der Waals surface area contributed by atoms with Crippen LogP contribution in [0.15, 0.2) is 18.2 Å². The summed E-state index contributed by atoms with van der Waals surface area (Å²) in [5.41, 5.74) is 0.606. The minimum atomic E-state index is -0.897. The standard InChI is InChI=1S/C16H23NO6S/c1-16(17-12(10-24-16)15(19)20)11-4-3-5-13(14(11)18)23-9-8-22-7-6-21-2/h3-5,12,17-18H,6-10H2,1-2H3,(H,19,20). The van der Waals surface area contributed by atoms with Crippen molar-refractivity contribution in [2.24, 2.45) is 0 Å². The third-order valence-corrected chi connectivity index (χ3v) is 5.13. The van der Waals surface area contributed by atoms with Crippen LogP contribution in [-0.2, 0) is 19.1 Å². The maximum absolute atomic E-state index is 11.1. The number of phenols is 1. The summed E-state index contributed by atoms with van der Waals surface area (Å²) in [4.78, 5) is 10.5. The Hall–Kier alpha value is -1.48. The number of aliphatic carboxylic acids is 1. The first-order valence-electron chi connectivity index (χ1n) is 7.64. The Bertz CT molecular complexity index is 569. The van der Waals surface area contributed by atoms with Gasteiger partial charge in [-0.05, 0) is 13.0 Å². The highest BCUT2D eigenvalue weighted by Crippen LogP contribution is 2.45. The van der Waals surface area contributed by atoms with E-state index >= 15 is 0 Å². The third-order valence-electron chi connectivity index (χ3n) is 3.72. The molecule has 1 aromatic rings. The smallest absolute Gasteiger partial charge is 0.321 e. The first-order chi connectivity index (χ1) is 11.5. The zero-order valence-corrected chi connectivity index (χ0v) is 14.6. The third kappa shape index (κ3) is 4.54. The number of hydrogen-bond acceptors (Lipinski definition) is 7. The molecule has 0 aliphatic carbocycles. The quantitative estimate of drug-likeness (QED) is 0.571. The van der Waals surface area contributed by atoms with Gasteiger partial charge in [-0.15, -0.1) is 11.8 Å². The molecule has 0 spiro atoms. The van der Waals surface area contributed by atoms with Crippen LogP contribution in [0.3, 0.4) is 0 Å². The Labute approximate surface area is 145 Å². The van der Waals surface area contributed by atoms with Crippen molar-refractivity contribution in [1.29, 1.82) is 0 Å². The lowest BCUT2D eigenvalue weighted by molar-refractivity contribution is -0.138. The SMILES string of the molecule is COCCOCCOc1cccc(C2(C)NC(C(=O)O)CS2)c1O. The van der Waals surface area contributed by atoms with Gasteiger partial charge in [0.1, 0.15) is 12.6 Å². The van der Waals surface area contributed by atoms with E-state index in [4.69, 9.17) is 19.3 Å². The highest BCUT2D eigenvalue weighted by Gasteiger charge is 2.41. The van der Waals surface area contributed by atoms with Crippen LogP contribution in [0, 0.1) is 0 Å². The van der Waals surface area contributed by atoms with E-state index in [9.17, 15) is 9.90 Å². The van der Waals surface area contributed by atoms with Gasteiger partial charge in [0.2, 0.25) is 0 Å². The zero-order chi connectivity index (χ0) is 17.6. The number of thioether (sulfide) groups is 1. The van der Waals surface area contributed by atoms with Gasteiger partial charge in [0, 0.05) is 18.4 Å². The molecule has 2 rings (SSSR count). The van der Waals surface area contributed by atoms with Crippen molar-refractivity contribution in [2.45, 2.75) is 17.8 Å². The Morgan fingerprint density at radius 3 is 2.79 bits per heavy atom. The number of methoxy groups -OCH3 is 1. The number of hydrogen-bond donors (Lipinski definition) is 3. The molecule has 3 N–H and O–H groups in total. The molecule has 0 amide bonds. The molecule has 1 fully saturated rings. The Morgan fingerprint density at radius 2 is 2.12 bits per heavy atom. The maximum atomic E-state index is 11.1. The van der Waals surface area contributed by atoms with Gasteiger partial charge >= 0.3 is 5.97 Å². The lowest BCUT2D eigenvalue weighted by atomic mass is 10.1. The van der Waals surface area contributed by atoms with Crippen LogP contribution in [0.4, 0.5) is 0 Å². The van der Waals surface area contributed by atoms with E-state index in [0.717, 1.165) is 0 Å². The van der Waals surface area contributed by atoms with Gasteiger partial charge in [-0.1, -0.05) is 12.1 Å². The van der Waals surface area contributed by atoms with Crippen LogP contribution in [0.5, 0.6) is 11.5 Å². The summed E-state index contributed by atoms with van der Waals surface area (Å²) in [5.74, 6) is -0.0940. The van der Waals surface area contributed by atoms with E-state index in [1.165, 1.54) is 11.8 Å². The molecule has 0 radical (unpaired) electrons. The Balaban J connectivity index is 1.99. The van der Waals surface area contributed by atoms with Crippen molar-refractivity contribution in [3.8, 4) is 11.5 Å². The molecular weight excluding hydrogens is 334 g/mol. The molecular formula is C16H23NO6S. The van der Waals surface area contributed by atoms with E-state index in [2.05, 4.69) is 5.32 Å². The molecule has 7 nitrogen and oxygen atoms in total. The van der Waals surface area contributed by atoms with Gasteiger partial charge in [-0.3, -0.25) is 10.1 Å². The fourth-order valence-electron chi connectivity index (χ4n) is 2.43. The number of carboxylic acids is 1. The summed E-state index contributed by atoms with van der Waals surface area (Å²) in [6.07, 6.45) is 0. The highest BCUT2D eigenvalue weighted by molar-refractivity contribution is 8.00. The predicted molar refractivity (Wildman–Crippen MR) is 90.7 cm³/mol. The van der Waals surface area contributed by atoms with Crippen LogP contribution in [0.2, 0.25) is 0 Å². The fraction of sp³-hybridized carbons (Fsp3) is 0.562. The molecule has 1 aromatic carbocycles. The van der Waals surface area contributed by atoms with Gasteiger partial charge in [0.05, 0.1) is 24.7 Å². The summed E-state index contributed by atoms with van der Waals surface area (Å²) in [6.45, 7) is 3.55. The van der Waals surface area contributed by atoms with Crippen LogP contribution >= 0.6 is 11.8 Å². The molecule has 0 bridgehead atoms. The number of carboxylic acid groups (broad SMARTS) is 1. The van der Waals surface area contributed by atoms with E-state index in [1.807, 2.05) is 6.92 Å². The molecule has 0 saturated carbocycles. The van der Waals surface area contributed by atoms with Crippen molar-refractivity contribution in [2.75, 3.05) is 39.3 Å². The van der Waals surface area contributed by atoms with Gasteiger partial charge in [0.25, 0.3) is 0 Å². The number of ether oxygens (including phenoxy) is 3. The van der Waals surface area contributed by atoms with E-state index in [-0.39, 0.29) is 5.75 Å². The van der Waals surface area contributed by atoms with Gasteiger partial charge in [-0.25, -0.2) is 0 Å². The number of para-hydroxylation sites is 1. The van der Waals surface area contributed by atoms with E-state index in [1.54, 1.807) is 25.3 Å². The summed E-state index contributed by atoms with van der Waals surface area (Å²) < 4.78 is 15.8. The van der Waals surface area contributed by atoms with Gasteiger partial charge < -0.3 is 24.4 Å². The molecule has 1 aliphatic heterocycles. The molecule has 0 aromatic heterocycles. The second-order valence-corrected chi connectivity index (χ2v) is 6.92. The average molecular weight is 357 g/mol. The second kappa shape index (κ2) is 8.57. The number of rotatable bonds is 9. The van der Waals surface area contributed by atoms with Crippen molar-refractivity contribution in [3.63, 3.8) is 0 Å². The lowest BCUT2D eigenvalue weighted by Gasteiger charge is -2.26. The lowest BCUT2D eigenvalue weighted by Crippen LogP contribution is -2.41. The summed E-state index contributed by atoms with van der Waals surface area (Å²) in [6, 6.07) is 4.57. The predicted octanol–water partition coefficient (Wildman–Crippen LogP) is 1.40. The first-order valence-corrected chi connectivity index (χ1v) is 8.63. The molecule has 24 heavy (non-hydrogen) atoms. The molecule has 1 saturated heterocycles. The molecule has 1 aliphatic rings. The van der Waals surface area contributed by atoms with Gasteiger partial charge in [-0.2, -0.15) is 0 Å². The average Bonchev–Trinajstić information content (AvgIpc) is 2.96. The van der Waals surface area contributed by atoms with Crippen molar-refractivity contribution >= 4 is 17.7 Å². The van der Waals surface area contributed by atoms with E-state index in [0.29, 0.717) is 43.5 Å². The number of nitrogens with one attached hydrogen (secondary N) is 1. The summed E-state index contributed by atoms with van der Waals surface area (Å²) >= 11 is 1.45. The van der Waals surface area contributed by atoms with Crippen LogP contribution in [0.25, 0.3) is 0 Å². The van der Waals surface area contributed by atoms with Crippen LogP contribution < -0.4 is 10.1 Å². The van der Waals surface area contributed by atoms with E-state index < -0.39 is 16.9 Å². The number of phenolic OH excluding ortho intramolecular Hbond substituents is 1. The largest absolute Gasteiger partial charge is 0.504 e. The molecule has 1 heterocycles. The van der Waals surface area contributed by atoms with Crippen LogP contribution in [-0.4, -0.2) is 61.5 Å². The highest BCUT2D eigenvalue weighted by atomic mass is 32.2. The van der Waals surface area contributed by atoms with Crippen LogP contribution in [0.1, 0.15) is 12.5 Å². The normalized spacial score (nSPS) is 23.3. The van der Waals surface area contributed by atoms with Crippen molar-refractivity contribution in [1.82, 2.24) is 5.32 Å². The summed E-state index contributed by atoms with van der Waals surface area (Å²) in [7, 11) is 1.61. The number of aromatic hydroxyl groups is 1. The first kappa shape index (κ1) is 18.9. The number of benzene rings is 1. The Morgan fingerprint density at radius 1 is 1.38 bits per heavy atom. The molecule has 2 atom stereocenters. The Kier molecular flexibility index (Phi) is 6.73. The molecule has 8 heteroatoms. The fourth-order valence-corrected chi connectivity index (χ4v) is 3.70. The van der Waals surface area contributed by atoms with Gasteiger partial charge in [0.15, 0.2) is 11.5 Å². The molecule has 134 valence electrons.